The molecule has 0 N–H and O–H groups in total. The Morgan fingerprint density at radius 1 is 1.14 bits per heavy atom. The number of ether oxygens (including phenoxy) is 1. The second kappa shape index (κ2) is 9.61. The molecule has 6 nitrogen and oxygen atoms in total. The van der Waals surface area contributed by atoms with Crippen molar-refractivity contribution in [3.8, 4) is 17.2 Å². The van der Waals surface area contributed by atoms with Gasteiger partial charge in [0.1, 0.15) is 12.4 Å². The number of hydrogen-bond acceptors (Lipinski definition) is 6. The third kappa shape index (κ3) is 5.74. The summed E-state index contributed by atoms with van der Waals surface area (Å²) in [5, 5.41) is 9.06. The molecule has 1 aromatic heterocycles. The van der Waals surface area contributed by atoms with Crippen LogP contribution in [-0.4, -0.2) is 47.0 Å². The highest BCUT2D eigenvalue weighted by molar-refractivity contribution is 7.99. The van der Waals surface area contributed by atoms with Gasteiger partial charge in [-0.3, -0.25) is 4.79 Å². The highest BCUT2D eigenvalue weighted by atomic mass is 35.5. The smallest absolute Gasteiger partial charge is 0.277 e. The molecule has 28 heavy (non-hydrogen) atoms. The number of amides is 1. The fraction of sp³-hybridized carbons (Fsp3) is 0.250. The molecule has 0 bridgehead atoms. The van der Waals surface area contributed by atoms with Crippen molar-refractivity contribution in [3.63, 3.8) is 0 Å². The van der Waals surface area contributed by atoms with Crippen molar-refractivity contribution in [2.24, 2.45) is 0 Å². The van der Waals surface area contributed by atoms with Crippen LogP contribution in [-0.2, 0) is 4.79 Å². The van der Waals surface area contributed by atoms with E-state index in [0.717, 1.165) is 11.1 Å². The Hall–Kier alpha value is -2.51. The van der Waals surface area contributed by atoms with E-state index < -0.39 is 0 Å². The lowest BCUT2D eigenvalue weighted by Crippen LogP contribution is -2.32. The summed E-state index contributed by atoms with van der Waals surface area (Å²) in [6, 6.07) is 14.9. The van der Waals surface area contributed by atoms with Gasteiger partial charge in [-0.2, -0.15) is 0 Å². The van der Waals surface area contributed by atoms with Crippen LogP contribution in [0.2, 0.25) is 5.02 Å². The van der Waals surface area contributed by atoms with Gasteiger partial charge in [-0.15, -0.1) is 10.2 Å². The predicted molar refractivity (Wildman–Crippen MR) is 110 cm³/mol. The van der Waals surface area contributed by atoms with Crippen LogP contribution in [0.3, 0.4) is 0 Å². The van der Waals surface area contributed by atoms with Gasteiger partial charge < -0.3 is 14.1 Å². The van der Waals surface area contributed by atoms with E-state index in [4.69, 9.17) is 20.8 Å². The third-order valence-corrected chi connectivity index (χ3v) is 5.01. The zero-order valence-electron chi connectivity index (χ0n) is 15.6. The lowest BCUT2D eigenvalue weighted by Gasteiger charge is -2.16. The van der Waals surface area contributed by atoms with Crippen molar-refractivity contribution in [2.45, 2.75) is 12.1 Å². The molecule has 0 spiro atoms. The minimum absolute atomic E-state index is 0.0419. The van der Waals surface area contributed by atoms with Gasteiger partial charge in [-0.05, 0) is 43.3 Å². The molecule has 146 valence electrons. The van der Waals surface area contributed by atoms with E-state index in [1.54, 1.807) is 36.2 Å². The highest BCUT2D eigenvalue weighted by Crippen LogP contribution is 2.23. The number of halogens is 1. The van der Waals surface area contributed by atoms with Crippen LogP contribution in [0.1, 0.15) is 5.56 Å². The summed E-state index contributed by atoms with van der Waals surface area (Å²) >= 11 is 7.06. The van der Waals surface area contributed by atoms with Crippen LogP contribution in [0.15, 0.2) is 58.2 Å². The van der Waals surface area contributed by atoms with Crippen LogP contribution in [0.5, 0.6) is 5.75 Å². The number of rotatable bonds is 8. The topological polar surface area (TPSA) is 68.5 Å². The Morgan fingerprint density at radius 2 is 1.86 bits per heavy atom. The van der Waals surface area contributed by atoms with E-state index in [9.17, 15) is 4.79 Å². The van der Waals surface area contributed by atoms with Crippen molar-refractivity contribution >= 4 is 29.3 Å². The molecule has 0 unspecified atom stereocenters. The molecule has 2 aromatic carbocycles. The molecule has 0 fully saturated rings. The first kappa shape index (κ1) is 20.2. The fourth-order valence-electron chi connectivity index (χ4n) is 2.27. The van der Waals surface area contributed by atoms with Gasteiger partial charge >= 0.3 is 0 Å². The average Bonchev–Trinajstić information content (AvgIpc) is 3.17. The molecule has 1 amide bonds. The molecule has 0 aliphatic heterocycles. The minimum Gasteiger partial charge on any atom is -0.492 e. The molecule has 0 saturated carbocycles. The molecule has 8 heteroatoms. The van der Waals surface area contributed by atoms with Gasteiger partial charge in [0.2, 0.25) is 11.8 Å². The Labute approximate surface area is 172 Å². The molecule has 1 heterocycles. The monoisotopic (exact) mass is 417 g/mol. The predicted octanol–water partition coefficient (Wildman–Crippen LogP) is 4.33. The van der Waals surface area contributed by atoms with Gasteiger partial charge in [0.05, 0.1) is 12.3 Å². The van der Waals surface area contributed by atoms with Crippen molar-refractivity contribution < 1.29 is 13.9 Å². The lowest BCUT2D eigenvalue weighted by molar-refractivity contribution is -0.127. The number of aryl methyl sites for hydroxylation is 1. The average molecular weight is 418 g/mol. The summed E-state index contributed by atoms with van der Waals surface area (Å²) in [7, 11) is 1.74. The van der Waals surface area contributed by atoms with Crippen molar-refractivity contribution in [1.29, 1.82) is 0 Å². The molecule has 0 saturated heterocycles. The second-order valence-corrected chi connectivity index (χ2v) is 7.51. The number of benzene rings is 2. The SMILES string of the molecule is Cc1ccc(-c2nnc(SCC(=O)N(C)CCOc3ccc(Cl)cc3)o2)cc1. The number of nitrogens with zero attached hydrogens (tertiary/aromatic N) is 3. The quantitative estimate of drug-likeness (QED) is 0.508. The summed E-state index contributed by atoms with van der Waals surface area (Å²) in [5.74, 6) is 1.33. The number of aromatic nitrogens is 2. The number of carbonyl (C=O) groups is 1. The zero-order valence-corrected chi connectivity index (χ0v) is 17.2. The van der Waals surface area contributed by atoms with E-state index in [0.29, 0.717) is 35.0 Å². The van der Waals surface area contributed by atoms with E-state index in [1.807, 2.05) is 31.2 Å². The Bertz CT molecular complexity index is 913. The van der Waals surface area contributed by atoms with Crippen LogP contribution in [0.4, 0.5) is 0 Å². The first-order valence-corrected chi connectivity index (χ1v) is 10.0. The molecule has 0 aliphatic carbocycles. The zero-order chi connectivity index (χ0) is 19.9. The summed E-state index contributed by atoms with van der Waals surface area (Å²) in [6.45, 7) is 2.88. The van der Waals surface area contributed by atoms with Crippen LogP contribution in [0.25, 0.3) is 11.5 Å². The van der Waals surface area contributed by atoms with Gasteiger partial charge in [-0.1, -0.05) is 41.1 Å². The maximum Gasteiger partial charge on any atom is 0.277 e. The van der Waals surface area contributed by atoms with Crippen molar-refractivity contribution in [3.05, 3.63) is 59.1 Å². The summed E-state index contributed by atoms with van der Waals surface area (Å²) in [5.41, 5.74) is 2.01. The molecular formula is C20H20ClN3O3S. The molecule has 0 atom stereocenters. The first-order valence-electron chi connectivity index (χ1n) is 8.67. The molecule has 0 radical (unpaired) electrons. The third-order valence-electron chi connectivity index (χ3n) is 3.96. The number of thioether (sulfide) groups is 1. The number of likely N-dealkylation sites (N-methyl/N-ethyl adjacent to an activating group) is 1. The van der Waals surface area contributed by atoms with E-state index in [2.05, 4.69) is 10.2 Å². The highest BCUT2D eigenvalue weighted by Gasteiger charge is 2.14. The molecular weight excluding hydrogens is 398 g/mol. The Balaban J connectivity index is 1.43. The second-order valence-electron chi connectivity index (χ2n) is 6.15. The van der Waals surface area contributed by atoms with E-state index >= 15 is 0 Å². The minimum atomic E-state index is -0.0419. The Kier molecular flexibility index (Phi) is 6.95. The summed E-state index contributed by atoms with van der Waals surface area (Å²) in [6.07, 6.45) is 0. The van der Waals surface area contributed by atoms with Gasteiger partial charge in [-0.25, -0.2) is 0 Å². The van der Waals surface area contributed by atoms with Gasteiger partial charge in [0.15, 0.2) is 0 Å². The summed E-state index contributed by atoms with van der Waals surface area (Å²) < 4.78 is 11.2. The standard InChI is InChI=1S/C20H20ClN3O3S/c1-14-3-5-15(6-4-14)19-22-23-20(27-19)28-13-18(25)24(2)11-12-26-17-9-7-16(21)8-10-17/h3-10H,11-13H2,1-2H3. The normalized spacial score (nSPS) is 10.7. The van der Waals surface area contributed by atoms with Crippen molar-refractivity contribution in [2.75, 3.05) is 26.0 Å². The molecule has 3 aromatic rings. The summed E-state index contributed by atoms with van der Waals surface area (Å²) in [4.78, 5) is 13.9. The van der Waals surface area contributed by atoms with E-state index in [1.165, 1.54) is 11.8 Å². The van der Waals surface area contributed by atoms with Gasteiger partial charge in [0, 0.05) is 17.6 Å². The van der Waals surface area contributed by atoms with Crippen LogP contribution < -0.4 is 4.74 Å². The number of hydrogen-bond donors (Lipinski definition) is 0. The fourth-order valence-corrected chi connectivity index (χ4v) is 3.10. The number of carbonyl (C=O) groups excluding carboxylic acids is 1. The van der Waals surface area contributed by atoms with E-state index in [-0.39, 0.29) is 11.7 Å². The largest absolute Gasteiger partial charge is 0.492 e. The maximum atomic E-state index is 12.3. The molecule has 3 rings (SSSR count). The van der Waals surface area contributed by atoms with Crippen LogP contribution in [0, 0.1) is 6.92 Å². The molecule has 0 aliphatic rings. The van der Waals surface area contributed by atoms with Crippen molar-refractivity contribution in [1.82, 2.24) is 15.1 Å². The maximum absolute atomic E-state index is 12.3. The lowest BCUT2D eigenvalue weighted by atomic mass is 10.1. The first-order chi connectivity index (χ1) is 13.5. The van der Waals surface area contributed by atoms with Gasteiger partial charge in [0.25, 0.3) is 5.22 Å². The van der Waals surface area contributed by atoms with Crippen LogP contribution >= 0.6 is 23.4 Å². The Morgan fingerprint density at radius 3 is 2.57 bits per heavy atom.